The Hall–Kier alpha value is -2.67. The van der Waals surface area contributed by atoms with Crippen molar-refractivity contribution in [1.82, 2.24) is 0 Å². The molecule has 1 aromatic carbocycles. The number of aliphatic carboxylic acids is 1. The first-order valence-corrected chi connectivity index (χ1v) is 8.12. The molecule has 7 nitrogen and oxygen atoms in total. The molecule has 0 fully saturated rings. The molecule has 1 unspecified atom stereocenters. The van der Waals surface area contributed by atoms with Crippen LogP contribution in [0.2, 0.25) is 0 Å². The predicted octanol–water partition coefficient (Wildman–Crippen LogP) is 2.23. The lowest BCUT2D eigenvalue weighted by Gasteiger charge is -2.22. The molecule has 0 amide bonds. The summed E-state index contributed by atoms with van der Waals surface area (Å²) in [6.07, 6.45) is 1.08. The molecule has 0 saturated heterocycles. The van der Waals surface area contributed by atoms with Gasteiger partial charge in [0.25, 0.3) is 0 Å². The van der Waals surface area contributed by atoms with Gasteiger partial charge in [0.05, 0.1) is 0 Å². The van der Waals surface area contributed by atoms with Gasteiger partial charge in [0, 0.05) is 17.7 Å². The van der Waals surface area contributed by atoms with Crippen LogP contribution in [0, 0.1) is 5.92 Å². The Morgan fingerprint density at radius 3 is 2.15 bits per heavy atom. The summed E-state index contributed by atoms with van der Waals surface area (Å²) in [7, 11) is 0. The first-order valence-electron chi connectivity index (χ1n) is 8.12. The van der Waals surface area contributed by atoms with E-state index in [-0.39, 0.29) is 12.5 Å². The van der Waals surface area contributed by atoms with E-state index in [4.69, 9.17) is 14.6 Å². The van der Waals surface area contributed by atoms with Gasteiger partial charge in [0.15, 0.2) is 5.78 Å². The third-order valence-electron chi connectivity index (χ3n) is 3.46. The zero-order chi connectivity index (χ0) is 19.9. The van der Waals surface area contributed by atoms with Crippen molar-refractivity contribution in [3.63, 3.8) is 0 Å². The monoisotopic (exact) mass is 364 g/mol. The van der Waals surface area contributed by atoms with E-state index in [1.54, 1.807) is 24.3 Å². The summed E-state index contributed by atoms with van der Waals surface area (Å²) in [4.78, 5) is 33.8. The molecule has 142 valence electrons. The lowest BCUT2D eigenvalue weighted by atomic mass is 9.97. The van der Waals surface area contributed by atoms with Crippen molar-refractivity contribution in [3.8, 4) is 5.75 Å². The topological polar surface area (TPSA) is 110 Å². The second-order valence-electron chi connectivity index (χ2n) is 6.61. The van der Waals surface area contributed by atoms with Gasteiger partial charge in [-0.05, 0) is 44.0 Å². The maximum Gasteiger partial charge on any atom is 0.331 e. The number of carboxylic acids is 1. The fourth-order valence-electron chi connectivity index (χ4n) is 1.93. The number of carbonyl (C=O) groups is 3. The Balaban J connectivity index is 2.72. The van der Waals surface area contributed by atoms with Gasteiger partial charge in [-0.15, -0.1) is 0 Å². The number of rotatable bonds is 9. The van der Waals surface area contributed by atoms with Crippen molar-refractivity contribution in [1.29, 1.82) is 0 Å². The molecule has 0 heterocycles. The molecular weight excluding hydrogens is 340 g/mol. The summed E-state index contributed by atoms with van der Waals surface area (Å²) in [6, 6.07) is 6.30. The van der Waals surface area contributed by atoms with E-state index in [1.807, 2.05) is 13.8 Å². The van der Waals surface area contributed by atoms with Crippen LogP contribution in [-0.2, 0) is 14.3 Å². The number of carboxylic acid groups (broad SMARTS) is 1. The molecular formula is C19H24O7. The maximum absolute atomic E-state index is 12.0. The summed E-state index contributed by atoms with van der Waals surface area (Å²) < 4.78 is 10.8. The molecule has 2 N–H and O–H groups in total. The average Bonchev–Trinajstić information content (AvgIpc) is 2.55. The van der Waals surface area contributed by atoms with E-state index >= 15 is 0 Å². The fourth-order valence-corrected chi connectivity index (χ4v) is 1.93. The Morgan fingerprint density at radius 2 is 1.69 bits per heavy atom. The Kier molecular flexibility index (Phi) is 7.52. The van der Waals surface area contributed by atoms with Crippen molar-refractivity contribution < 1.29 is 34.1 Å². The van der Waals surface area contributed by atoms with Crippen LogP contribution in [0.25, 0.3) is 0 Å². The number of hydrogen-bond acceptors (Lipinski definition) is 6. The van der Waals surface area contributed by atoms with Gasteiger partial charge in [-0.1, -0.05) is 13.8 Å². The van der Waals surface area contributed by atoms with Crippen molar-refractivity contribution in [2.45, 2.75) is 39.4 Å². The van der Waals surface area contributed by atoms with Gasteiger partial charge < -0.3 is 19.7 Å². The minimum Gasteiger partial charge on any atom is -0.487 e. The summed E-state index contributed by atoms with van der Waals surface area (Å²) in [5, 5.41) is 18.2. The molecule has 0 aromatic heterocycles. The number of esters is 1. The number of hydrogen-bond donors (Lipinski definition) is 2. The molecule has 0 spiro atoms. The van der Waals surface area contributed by atoms with E-state index in [9.17, 15) is 19.5 Å². The molecule has 0 bridgehead atoms. The minimum atomic E-state index is -1.46. The molecule has 7 heteroatoms. The number of aliphatic hydroxyl groups is 1. The van der Waals surface area contributed by atoms with Crippen LogP contribution in [0.1, 0.15) is 38.1 Å². The molecule has 26 heavy (non-hydrogen) atoms. The highest BCUT2D eigenvalue weighted by Gasteiger charge is 2.25. The number of benzene rings is 1. The first kappa shape index (κ1) is 21.4. The molecule has 1 atom stereocenters. The third-order valence-corrected chi connectivity index (χ3v) is 3.46. The smallest absolute Gasteiger partial charge is 0.331 e. The quantitative estimate of drug-likeness (QED) is 0.393. The summed E-state index contributed by atoms with van der Waals surface area (Å²) in [6.45, 7) is 6.56. The molecule has 0 radical (unpaired) electrons. The zero-order valence-corrected chi connectivity index (χ0v) is 15.3. The second kappa shape index (κ2) is 9.15. The van der Waals surface area contributed by atoms with Crippen LogP contribution in [0.15, 0.2) is 36.4 Å². The lowest BCUT2D eigenvalue weighted by Crippen LogP contribution is -2.31. The van der Waals surface area contributed by atoms with Crippen molar-refractivity contribution >= 4 is 17.7 Å². The van der Waals surface area contributed by atoms with Gasteiger partial charge in [-0.2, -0.15) is 0 Å². The Bertz CT molecular complexity index is 666. The van der Waals surface area contributed by atoms with Crippen LogP contribution in [0.3, 0.4) is 0 Å². The van der Waals surface area contributed by atoms with E-state index in [0.717, 1.165) is 6.08 Å². The van der Waals surface area contributed by atoms with E-state index < -0.39 is 29.4 Å². The normalized spacial score (nSPS) is 12.8. The second-order valence-corrected chi connectivity index (χ2v) is 6.61. The average molecular weight is 364 g/mol. The minimum absolute atomic E-state index is 0.0175. The van der Waals surface area contributed by atoms with E-state index in [0.29, 0.717) is 17.4 Å². The van der Waals surface area contributed by atoms with Gasteiger partial charge in [-0.25, -0.2) is 9.59 Å². The van der Waals surface area contributed by atoms with Crippen LogP contribution >= 0.6 is 0 Å². The summed E-state index contributed by atoms with van der Waals surface area (Å²) >= 11 is 0. The molecule has 0 aliphatic heterocycles. The Morgan fingerprint density at radius 1 is 1.12 bits per heavy atom. The van der Waals surface area contributed by atoms with Gasteiger partial charge >= 0.3 is 11.9 Å². The van der Waals surface area contributed by atoms with E-state index in [2.05, 4.69) is 0 Å². The molecule has 0 saturated carbocycles. The van der Waals surface area contributed by atoms with Gasteiger partial charge in [0.2, 0.25) is 0 Å². The number of Topliss-reactive ketones (excluding diaryl/α,β-unsaturated/α-hetero) is 1. The summed E-state index contributed by atoms with van der Waals surface area (Å²) in [5.41, 5.74) is -1.10. The highest BCUT2D eigenvalue weighted by Crippen LogP contribution is 2.20. The molecule has 0 aliphatic carbocycles. The van der Waals surface area contributed by atoms with Crippen LogP contribution in [0.4, 0.5) is 0 Å². The first-order chi connectivity index (χ1) is 12.0. The number of ketones is 1. The van der Waals surface area contributed by atoms with Crippen molar-refractivity contribution in [2.75, 3.05) is 6.61 Å². The predicted molar refractivity (Wildman–Crippen MR) is 94.1 cm³/mol. The van der Waals surface area contributed by atoms with Gasteiger partial charge in [0.1, 0.15) is 24.1 Å². The van der Waals surface area contributed by atoms with Gasteiger partial charge in [-0.3, -0.25) is 4.79 Å². The number of carbonyl (C=O) groups excluding carboxylic acids is 2. The van der Waals surface area contributed by atoms with Crippen LogP contribution in [0.5, 0.6) is 5.75 Å². The number of ether oxygens (including phenoxy) is 2. The lowest BCUT2D eigenvalue weighted by molar-refractivity contribution is -0.141. The largest absolute Gasteiger partial charge is 0.487 e. The highest BCUT2D eigenvalue weighted by molar-refractivity contribution is 6.01. The maximum atomic E-state index is 12.0. The highest BCUT2D eigenvalue weighted by atomic mass is 16.6. The van der Waals surface area contributed by atoms with Crippen molar-refractivity contribution in [3.05, 3.63) is 42.0 Å². The van der Waals surface area contributed by atoms with Crippen LogP contribution < -0.4 is 4.74 Å². The molecule has 0 aliphatic rings. The SMILES string of the molecule is CC(C)C(COC(=O)/C=C\C(=O)O)Oc1ccc(C(=O)C(C)(C)O)cc1. The zero-order valence-electron chi connectivity index (χ0n) is 15.3. The third kappa shape index (κ3) is 7.06. The van der Waals surface area contributed by atoms with Crippen molar-refractivity contribution in [2.24, 2.45) is 5.92 Å². The van der Waals surface area contributed by atoms with Crippen LogP contribution in [-0.4, -0.2) is 46.2 Å². The molecule has 1 rings (SSSR count). The standard InChI is InChI=1S/C19H24O7/c1-12(2)15(11-25-17(22)10-9-16(20)21)26-14-7-5-13(6-8-14)18(23)19(3,4)24/h5-10,12,15,24H,11H2,1-4H3,(H,20,21)/b10-9-. The summed E-state index contributed by atoms with van der Waals surface area (Å²) in [5.74, 6) is -1.91. The fraction of sp³-hybridized carbons (Fsp3) is 0.421. The molecule has 1 aromatic rings. The Labute approximate surface area is 152 Å². The van der Waals surface area contributed by atoms with E-state index in [1.165, 1.54) is 13.8 Å².